The largest absolute Gasteiger partial charge is 0.453 e. The van der Waals surface area contributed by atoms with Crippen molar-refractivity contribution in [3.05, 3.63) is 29.8 Å². The Morgan fingerprint density at radius 2 is 2.18 bits per heavy atom. The van der Waals surface area contributed by atoms with Gasteiger partial charge in [-0.2, -0.15) is 0 Å². The number of carbonyl (C=O) groups excluding carboxylic acids is 2. The number of amides is 2. The summed E-state index contributed by atoms with van der Waals surface area (Å²) in [5.41, 5.74) is 1.50. The second kappa shape index (κ2) is 4.73. The molecule has 1 aliphatic rings. The lowest BCUT2D eigenvalue weighted by Crippen LogP contribution is -2.12. The van der Waals surface area contributed by atoms with Crippen LogP contribution in [0.15, 0.2) is 24.3 Å². The minimum absolute atomic E-state index is 0.269. The molecule has 6 nitrogen and oxygen atoms in total. The number of anilines is 1. The highest BCUT2D eigenvalue weighted by Gasteiger charge is 2.23. The highest BCUT2D eigenvalue weighted by molar-refractivity contribution is 5.84. The topological polar surface area (TPSA) is 76.7 Å². The maximum absolute atomic E-state index is 11.0. The molecule has 1 fully saturated rings. The average Bonchev–Trinajstić information content (AvgIpc) is 2.77. The van der Waals surface area contributed by atoms with Crippen LogP contribution in [0.1, 0.15) is 11.7 Å². The summed E-state index contributed by atoms with van der Waals surface area (Å²) in [4.78, 5) is 21.8. The highest BCUT2D eigenvalue weighted by Crippen LogP contribution is 2.22. The Morgan fingerprint density at radius 3 is 2.71 bits per heavy atom. The van der Waals surface area contributed by atoms with Crippen molar-refractivity contribution in [2.45, 2.75) is 6.10 Å². The summed E-state index contributed by atoms with van der Waals surface area (Å²) < 4.78 is 9.50. The van der Waals surface area contributed by atoms with Crippen LogP contribution in [0.25, 0.3) is 0 Å². The Labute approximate surface area is 97.9 Å². The Balaban J connectivity index is 2.02. The van der Waals surface area contributed by atoms with E-state index in [2.05, 4.69) is 15.4 Å². The van der Waals surface area contributed by atoms with E-state index >= 15 is 0 Å². The average molecular weight is 236 g/mol. The number of methoxy groups -OCH3 is 1. The molecule has 1 aromatic rings. The lowest BCUT2D eigenvalue weighted by Gasteiger charge is -2.09. The molecule has 1 unspecified atom stereocenters. The van der Waals surface area contributed by atoms with Crippen LogP contribution in [-0.4, -0.2) is 25.8 Å². The van der Waals surface area contributed by atoms with Crippen molar-refractivity contribution in [2.24, 2.45) is 0 Å². The van der Waals surface area contributed by atoms with Gasteiger partial charge in [0.1, 0.15) is 6.10 Å². The molecule has 2 amide bonds. The maximum Gasteiger partial charge on any atom is 0.411 e. The SMILES string of the molecule is COC(=O)Nc1ccc(C2CNC(=O)O2)cc1. The molecule has 1 heterocycles. The van der Waals surface area contributed by atoms with Crippen LogP contribution in [0.3, 0.4) is 0 Å². The third-order valence-corrected chi connectivity index (χ3v) is 2.40. The van der Waals surface area contributed by atoms with Crippen LogP contribution >= 0.6 is 0 Å². The van der Waals surface area contributed by atoms with Crippen LogP contribution in [0.2, 0.25) is 0 Å². The van der Waals surface area contributed by atoms with Crippen LogP contribution < -0.4 is 10.6 Å². The van der Waals surface area contributed by atoms with Crippen molar-refractivity contribution < 1.29 is 19.1 Å². The Kier molecular flexibility index (Phi) is 3.13. The summed E-state index contributed by atoms with van der Waals surface area (Å²) >= 11 is 0. The predicted octanol–water partition coefficient (Wildman–Crippen LogP) is 1.65. The van der Waals surface area contributed by atoms with Crippen molar-refractivity contribution in [2.75, 3.05) is 19.0 Å². The zero-order valence-corrected chi connectivity index (χ0v) is 9.23. The number of nitrogens with one attached hydrogen (secondary N) is 2. The van der Waals surface area contributed by atoms with Gasteiger partial charge in [-0.3, -0.25) is 5.32 Å². The summed E-state index contributed by atoms with van der Waals surface area (Å²) in [6.07, 6.45) is -1.20. The molecule has 6 heteroatoms. The summed E-state index contributed by atoms with van der Waals surface area (Å²) in [6, 6.07) is 7.02. The van der Waals surface area contributed by atoms with Gasteiger partial charge in [0.25, 0.3) is 0 Å². The number of rotatable bonds is 2. The first-order valence-corrected chi connectivity index (χ1v) is 5.08. The fourth-order valence-electron chi connectivity index (χ4n) is 1.52. The molecular weight excluding hydrogens is 224 g/mol. The van der Waals surface area contributed by atoms with Gasteiger partial charge in [0.2, 0.25) is 0 Å². The monoisotopic (exact) mass is 236 g/mol. The molecule has 0 spiro atoms. The van der Waals surface area contributed by atoms with Crippen molar-refractivity contribution in [1.82, 2.24) is 5.32 Å². The van der Waals surface area contributed by atoms with Crippen LogP contribution in [-0.2, 0) is 9.47 Å². The summed E-state index contributed by atoms with van der Waals surface area (Å²) in [7, 11) is 1.30. The minimum atomic E-state index is -0.522. The fourth-order valence-corrected chi connectivity index (χ4v) is 1.52. The number of cyclic esters (lactones) is 1. The van der Waals surface area contributed by atoms with Crippen LogP contribution in [0.4, 0.5) is 15.3 Å². The molecular formula is C11H12N2O4. The molecule has 1 aliphatic heterocycles. The van der Waals surface area contributed by atoms with Gasteiger partial charge in [-0.15, -0.1) is 0 Å². The zero-order chi connectivity index (χ0) is 12.3. The van der Waals surface area contributed by atoms with Gasteiger partial charge in [0, 0.05) is 5.69 Å². The van der Waals surface area contributed by atoms with Crippen molar-refractivity contribution in [1.29, 1.82) is 0 Å². The quantitative estimate of drug-likeness (QED) is 0.818. The van der Waals surface area contributed by atoms with E-state index in [0.29, 0.717) is 12.2 Å². The third kappa shape index (κ3) is 2.66. The maximum atomic E-state index is 11.0. The molecule has 0 aromatic heterocycles. The minimum Gasteiger partial charge on any atom is -0.453 e. The normalized spacial score (nSPS) is 18.2. The standard InChI is InChI=1S/C11H12N2O4/c1-16-11(15)13-8-4-2-7(3-5-8)9-6-12-10(14)17-9/h2-5,9H,6H2,1H3,(H,12,14)(H,13,15). The van der Waals surface area contributed by atoms with E-state index in [1.807, 2.05) is 0 Å². The van der Waals surface area contributed by atoms with E-state index in [4.69, 9.17) is 4.74 Å². The molecule has 1 atom stereocenters. The first-order chi connectivity index (χ1) is 8.19. The van der Waals surface area contributed by atoms with E-state index in [0.717, 1.165) is 5.56 Å². The van der Waals surface area contributed by atoms with E-state index in [1.54, 1.807) is 24.3 Å². The number of hydrogen-bond acceptors (Lipinski definition) is 4. The van der Waals surface area contributed by atoms with E-state index in [9.17, 15) is 9.59 Å². The molecule has 1 aromatic carbocycles. The Hall–Kier alpha value is -2.24. The number of carbonyl (C=O) groups is 2. The molecule has 0 radical (unpaired) electrons. The van der Waals surface area contributed by atoms with E-state index < -0.39 is 12.2 Å². The summed E-state index contributed by atoms with van der Waals surface area (Å²) in [6.45, 7) is 0.461. The summed E-state index contributed by atoms with van der Waals surface area (Å²) in [5.74, 6) is 0. The predicted molar refractivity (Wildman–Crippen MR) is 59.7 cm³/mol. The molecule has 0 bridgehead atoms. The molecule has 17 heavy (non-hydrogen) atoms. The van der Waals surface area contributed by atoms with Gasteiger partial charge < -0.3 is 14.8 Å². The van der Waals surface area contributed by atoms with Gasteiger partial charge >= 0.3 is 12.2 Å². The molecule has 1 saturated heterocycles. The Morgan fingerprint density at radius 1 is 1.47 bits per heavy atom. The van der Waals surface area contributed by atoms with Crippen LogP contribution in [0.5, 0.6) is 0 Å². The summed E-state index contributed by atoms with van der Waals surface area (Å²) in [5, 5.41) is 5.11. The Bertz CT molecular complexity index is 430. The van der Waals surface area contributed by atoms with Gasteiger partial charge in [0.15, 0.2) is 0 Å². The molecule has 2 N–H and O–H groups in total. The molecule has 90 valence electrons. The second-order valence-electron chi connectivity index (χ2n) is 3.51. The fraction of sp³-hybridized carbons (Fsp3) is 0.273. The third-order valence-electron chi connectivity index (χ3n) is 2.40. The zero-order valence-electron chi connectivity index (χ0n) is 9.23. The van der Waals surface area contributed by atoms with Gasteiger partial charge in [0.05, 0.1) is 13.7 Å². The van der Waals surface area contributed by atoms with Crippen molar-refractivity contribution >= 4 is 17.9 Å². The number of alkyl carbamates (subject to hydrolysis) is 1. The number of ether oxygens (including phenoxy) is 2. The van der Waals surface area contributed by atoms with E-state index in [-0.39, 0.29) is 6.10 Å². The smallest absolute Gasteiger partial charge is 0.411 e. The lowest BCUT2D eigenvalue weighted by molar-refractivity contribution is 0.141. The van der Waals surface area contributed by atoms with Crippen molar-refractivity contribution in [3.8, 4) is 0 Å². The van der Waals surface area contributed by atoms with Gasteiger partial charge in [-0.25, -0.2) is 9.59 Å². The lowest BCUT2D eigenvalue weighted by atomic mass is 10.1. The van der Waals surface area contributed by atoms with E-state index in [1.165, 1.54) is 7.11 Å². The van der Waals surface area contributed by atoms with Crippen LogP contribution in [0, 0.1) is 0 Å². The van der Waals surface area contributed by atoms with Gasteiger partial charge in [-0.05, 0) is 17.7 Å². The first kappa shape index (κ1) is 11.3. The highest BCUT2D eigenvalue weighted by atomic mass is 16.6. The van der Waals surface area contributed by atoms with Gasteiger partial charge in [-0.1, -0.05) is 12.1 Å². The first-order valence-electron chi connectivity index (χ1n) is 5.08. The van der Waals surface area contributed by atoms with Crippen molar-refractivity contribution in [3.63, 3.8) is 0 Å². The second-order valence-corrected chi connectivity index (χ2v) is 3.51. The molecule has 2 rings (SSSR count). The number of hydrogen-bond donors (Lipinski definition) is 2. The molecule has 0 saturated carbocycles. The molecule has 0 aliphatic carbocycles. The number of benzene rings is 1.